The molecule has 27 heavy (non-hydrogen) atoms. The average molecular weight is 404 g/mol. The van der Waals surface area contributed by atoms with Gasteiger partial charge in [-0.25, -0.2) is 4.98 Å². The predicted octanol–water partition coefficient (Wildman–Crippen LogP) is 1.55. The second-order valence-electron chi connectivity index (χ2n) is 5.51. The van der Waals surface area contributed by atoms with Gasteiger partial charge in [0, 0.05) is 10.6 Å². The number of thiocarbonyl (C=S) groups is 1. The number of para-hydroxylation sites is 1. The van der Waals surface area contributed by atoms with Crippen LogP contribution in [-0.4, -0.2) is 31.0 Å². The summed E-state index contributed by atoms with van der Waals surface area (Å²) in [5, 5.41) is 25.0. The third kappa shape index (κ3) is 4.05. The van der Waals surface area contributed by atoms with Crippen LogP contribution >= 0.6 is 23.8 Å². The molecule has 0 aliphatic heterocycles. The number of nitrogens with zero attached hydrogens (tertiary/aromatic N) is 2. The van der Waals surface area contributed by atoms with Gasteiger partial charge in [0.2, 0.25) is 0 Å². The number of nitrogens with two attached hydrogens (primary N) is 1. The third-order valence-electron chi connectivity index (χ3n) is 3.67. The number of aromatic nitrogens is 2. The molecule has 3 aromatic rings. The van der Waals surface area contributed by atoms with Crippen LogP contribution in [0.4, 0.5) is 0 Å². The van der Waals surface area contributed by atoms with Crippen molar-refractivity contribution in [2.75, 3.05) is 0 Å². The highest BCUT2D eigenvalue weighted by atomic mass is 35.5. The number of aromatic amines is 1. The number of aliphatic hydroxyl groups excluding tert-OH is 1. The number of hydrazone groups is 1. The smallest absolute Gasteiger partial charge is 0.276 e. The minimum Gasteiger partial charge on any atom is -0.508 e. The van der Waals surface area contributed by atoms with Gasteiger partial charge in [0.05, 0.1) is 11.0 Å². The number of halogens is 1. The van der Waals surface area contributed by atoms with E-state index in [0.29, 0.717) is 16.1 Å². The van der Waals surface area contributed by atoms with E-state index in [2.05, 4.69) is 20.5 Å². The second kappa shape index (κ2) is 7.70. The van der Waals surface area contributed by atoms with E-state index in [1.165, 1.54) is 12.1 Å². The van der Waals surface area contributed by atoms with Crippen LogP contribution in [0.1, 0.15) is 17.4 Å². The first-order valence-corrected chi connectivity index (χ1v) is 8.44. The molecule has 0 saturated heterocycles. The first kappa shape index (κ1) is 18.8. The summed E-state index contributed by atoms with van der Waals surface area (Å²) in [5.74, 6) is -0.169. The maximum absolute atomic E-state index is 12.5. The second-order valence-corrected chi connectivity index (χ2v) is 6.39. The SMILES string of the molecule is NC(=S)N/N=C(\c1nc2ccc(Cl)cc2[nH]c1=O)[C@H](O)c1ccccc1O. The quantitative estimate of drug-likeness (QED) is 0.253. The van der Waals surface area contributed by atoms with Crippen LogP contribution in [0.25, 0.3) is 11.0 Å². The third-order valence-corrected chi connectivity index (χ3v) is 4.00. The summed E-state index contributed by atoms with van der Waals surface area (Å²) in [7, 11) is 0. The summed E-state index contributed by atoms with van der Waals surface area (Å²) in [6.45, 7) is 0. The lowest BCUT2D eigenvalue weighted by molar-refractivity contribution is 0.241. The molecule has 6 N–H and O–H groups in total. The van der Waals surface area contributed by atoms with Crippen molar-refractivity contribution in [2.45, 2.75) is 6.10 Å². The lowest BCUT2D eigenvalue weighted by Crippen LogP contribution is -2.31. The number of hydrogen-bond acceptors (Lipinski definition) is 6. The summed E-state index contributed by atoms with van der Waals surface area (Å²) in [5.41, 5.74) is 7.79. The van der Waals surface area contributed by atoms with Gasteiger partial charge in [-0.1, -0.05) is 29.8 Å². The lowest BCUT2D eigenvalue weighted by Gasteiger charge is -2.15. The van der Waals surface area contributed by atoms with Gasteiger partial charge >= 0.3 is 0 Å². The van der Waals surface area contributed by atoms with E-state index in [1.54, 1.807) is 30.3 Å². The molecule has 8 nitrogen and oxygen atoms in total. The van der Waals surface area contributed by atoms with E-state index in [4.69, 9.17) is 29.6 Å². The Kier molecular flexibility index (Phi) is 5.36. The van der Waals surface area contributed by atoms with Crippen LogP contribution in [0.3, 0.4) is 0 Å². The van der Waals surface area contributed by atoms with Crippen molar-refractivity contribution in [1.29, 1.82) is 0 Å². The molecule has 1 heterocycles. The van der Waals surface area contributed by atoms with E-state index < -0.39 is 11.7 Å². The Morgan fingerprint density at radius 3 is 2.78 bits per heavy atom. The lowest BCUT2D eigenvalue weighted by atomic mass is 10.0. The molecule has 1 aromatic heterocycles. The molecule has 0 amide bonds. The number of fused-ring (bicyclic) bond motifs is 1. The molecule has 0 spiro atoms. The van der Waals surface area contributed by atoms with Crippen molar-refractivity contribution in [3.8, 4) is 5.75 Å². The van der Waals surface area contributed by atoms with Crippen molar-refractivity contribution in [1.82, 2.24) is 15.4 Å². The summed E-state index contributed by atoms with van der Waals surface area (Å²) >= 11 is 10.7. The van der Waals surface area contributed by atoms with Crippen molar-refractivity contribution >= 4 is 45.7 Å². The number of hydrogen-bond donors (Lipinski definition) is 5. The highest BCUT2D eigenvalue weighted by Gasteiger charge is 2.24. The van der Waals surface area contributed by atoms with Crippen molar-refractivity contribution in [3.63, 3.8) is 0 Å². The molecule has 0 saturated carbocycles. The standard InChI is InChI=1S/C17H14ClN5O3S/c18-8-5-6-10-11(7-8)21-16(26)14(20-10)13(22-23-17(19)27)15(25)9-3-1-2-4-12(9)24/h1-7,15,24-25H,(H,21,26)(H3,19,23,27)/b22-13+/t15-/m1/s1. The Morgan fingerprint density at radius 2 is 2.07 bits per heavy atom. The van der Waals surface area contributed by atoms with Gasteiger partial charge in [-0.3, -0.25) is 10.2 Å². The largest absolute Gasteiger partial charge is 0.508 e. The van der Waals surface area contributed by atoms with Crippen LogP contribution in [0.15, 0.2) is 52.4 Å². The Bertz CT molecular complexity index is 1120. The van der Waals surface area contributed by atoms with E-state index in [1.807, 2.05) is 0 Å². The molecular weight excluding hydrogens is 390 g/mol. The molecule has 3 rings (SSSR count). The predicted molar refractivity (Wildman–Crippen MR) is 107 cm³/mol. The topological polar surface area (TPSA) is 137 Å². The van der Waals surface area contributed by atoms with Gasteiger partial charge < -0.3 is 20.9 Å². The van der Waals surface area contributed by atoms with Crippen molar-refractivity contribution < 1.29 is 10.2 Å². The maximum Gasteiger partial charge on any atom is 0.276 e. The van der Waals surface area contributed by atoms with Gasteiger partial charge in [0.15, 0.2) is 10.8 Å². The number of benzene rings is 2. The highest BCUT2D eigenvalue weighted by Crippen LogP contribution is 2.26. The fraction of sp³-hybridized carbons (Fsp3) is 0.0588. The first-order valence-electron chi connectivity index (χ1n) is 7.65. The zero-order chi connectivity index (χ0) is 19.6. The monoisotopic (exact) mass is 403 g/mol. The van der Waals surface area contributed by atoms with E-state index >= 15 is 0 Å². The van der Waals surface area contributed by atoms with Gasteiger partial charge in [-0.15, -0.1) is 0 Å². The number of phenols is 1. The van der Waals surface area contributed by atoms with Crippen molar-refractivity contribution in [3.05, 3.63) is 69.1 Å². The van der Waals surface area contributed by atoms with Crippen molar-refractivity contribution in [2.24, 2.45) is 10.8 Å². The molecule has 0 aliphatic rings. The maximum atomic E-state index is 12.5. The number of aliphatic hydroxyl groups is 1. The van der Waals surface area contributed by atoms with Gasteiger partial charge in [0.1, 0.15) is 17.6 Å². The van der Waals surface area contributed by atoms with Crippen LogP contribution in [0.2, 0.25) is 5.02 Å². The number of H-pyrrole nitrogens is 1. The molecule has 0 unspecified atom stereocenters. The van der Waals surface area contributed by atoms with E-state index in [0.717, 1.165) is 0 Å². The average Bonchev–Trinajstić information content (AvgIpc) is 2.62. The summed E-state index contributed by atoms with van der Waals surface area (Å²) in [6, 6.07) is 10.9. The van der Waals surface area contributed by atoms with Crippen LogP contribution in [0, 0.1) is 0 Å². The van der Waals surface area contributed by atoms with E-state index in [-0.39, 0.29) is 27.8 Å². The zero-order valence-electron chi connectivity index (χ0n) is 13.7. The van der Waals surface area contributed by atoms with Crippen LogP contribution in [-0.2, 0) is 0 Å². The molecule has 2 aromatic carbocycles. The fourth-order valence-electron chi connectivity index (χ4n) is 2.46. The minimum atomic E-state index is -1.47. The molecule has 1 atom stereocenters. The Hall–Kier alpha value is -3.01. The highest BCUT2D eigenvalue weighted by molar-refractivity contribution is 7.80. The summed E-state index contributed by atoms with van der Waals surface area (Å²) < 4.78 is 0. The molecular formula is C17H14ClN5O3S. The number of aromatic hydroxyl groups is 1. The molecule has 0 radical (unpaired) electrons. The Morgan fingerprint density at radius 1 is 1.33 bits per heavy atom. The summed E-state index contributed by atoms with van der Waals surface area (Å²) in [4.78, 5) is 19.5. The van der Waals surface area contributed by atoms with Gasteiger partial charge in [-0.05, 0) is 36.5 Å². The number of nitrogens with one attached hydrogen (secondary N) is 2. The Balaban J connectivity index is 2.18. The van der Waals surface area contributed by atoms with E-state index in [9.17, 15) is 15.0 Å². The Labute approximate surface area is 163 Å². The fourth-order valence-corrected chi connectivity index (χ4v) is 2.67. The number of rotatable bonds is 4. The normalized spacial score (nSPS) is 12.7. The van der Waals surface area contributed by atoms with Gasteiger partial charge in [0.25, 0.3) is 5.56 Å². The molecule has 138 valence electrons. The number of phenolic OH excluding ortho intramolecular Hbond substituents is 1. The van der Waals surface area contributed by atoms with Crippen LogP contribution in [0.5, 0.6) is 5.75 Å². The molecule has 0 fully saturated rings. The van der Waals surface area contributed by atoms with Gasteiger partial charge in [-0.2, -0.15) is 5.10 Å². The molecule has 0 aliphatic carbocycles. The zero-order valence-corrected chi connectivity index (χ0v) is 15.3. The molecule has 0 bridgehead atoms. The van der Waals surface area contributed by atoms with Crippen LogP contribution < -0.4 is 16.7 Å². The summed E-state index contributed by atoms with van der Waals surface area (Å²) in [6.07, 6.45) is -1.47. The first-order chi connectivity index (χ1) is 12.9. The minimum absolute atomic E-state index is 0.137. The molecule has 10 heteroatoms.